The Kier molecular flexibility index (Phi) is 5.35. The Morgan fingerprint density at radius 1 is 1.10 bits per heavy atom. The number of benzene rings is 2. The van der Waals surface area contributed by atoms with Gasteiger partial charge in [0, 0.05) is 17.3 Å². The average Bonchev–Trinajstić information content (AvgIpc) is 3.50. The lowest BCUT2D eigenvalue weighted by atomic mass is 10.1. The quantitative estimate of drug-likeness (QED) is 0.655. The van der Waals surface area contributed by atoms with Crippen LogP contribution in [0.1, 0.15) is 40.2 Å². The molecule has 2 amide bonds. The van der Waals surface area contributed by atoms with E-state index < -0.39 is 0 Å². The molecule has 0 spiro atoms. The molecule has 4 rings (SSSR count). The van der Waals surface area contributed by atoms with Gasteiger partial charge in [-0.05, 0) is 63.1 Å². The smallest absolute Gasteiger partial charge is 0.253 e. The summed E-state index contributed by atoms with van der Waals surface area (Å²) >= 11 is 0. The molecule has 2 N–H and O–H groups in total. The number of rotatable bonds is 6. The van der Waals surface area contributed by atoms with E-state index in [4.69, 9.17) is 0 Å². The van der Waals surface area contributed by atoms with E-state index in [-0.39, 0.29) is 30.1 Å². The van der Waals surface area contributed by atoms with Gasteiger partial charge in [-0.1, -0.05) is 12.1 Å². The van der Waals surface area contributed by atoms with Crippen LogP contribution in [0.2, 0.25) is 0 Å². The first kappa shape index (κ1) is 19.8. The van der Waals surface area contributed by atoms with Gasteiger partial charge in [0.15, 0.2) is 0 Å². The molecule has 6 nitrogen and oxygen atoms in total. The van der Waals surface area contributed by atoms with Crippen LogP contribution >= 0.6 is 0 Å². The monoisotopic (exact) mass is 406 g/mol. The predicted molar refractivity (Wildman–Crippen MR) is 112 cm³/mol. The molecule has 0 saturated heterocycles. The summed E-state index contributed by atoms with van der Waals surface area (Å²) in [7, 11) is 0. The number of anilines is 1. The number of aromatic nitrogens is 2. The lowest BCUT2D eigenvalue weighted by Crippen LogP contribution is -2.27. The van der Waals surface area contributed by atoms with Gasteiger partial charge in [-0.2, -0.15) is 5.10 Å². The molecule has 0 radical (unpaired) electrons. The zero-order chi connectivity index (χ0) is 21.3. The Bertz CT molecular complexity index is 1100. The van der Waals surface area contributed by atoms with Crippen molar-refractivity contribution < 1.29 is 14.0 Å². The summed E-state index contributed by atoms with van der Waals surface area (Å²) in [6.45, 7) is 3.72. The van der Waals surface area contributed by atoms with Crippen molar-refractivity contribution in [2.75, 3.05) is 5.32 Å². The summed E-state index contributed by atoms with van der Waals surface area (Å²) in [6.07, 6.45) is 2.12. The van der Waals surface area contributed by atoms with E-state index in [2.05, 4.69) is 15.7 Å². The Morgan fingerprint density at radius 2 is 1.80 bits per heavy atom. The van der Waals surface area contributed by atoms with E-state index in [0.29, 0.717) is 11.3 Å². The highest BCUT2D eigenvalue weighted by atomic mass is 19.1. The fraction of sp³-hybridized carbons (Fsp3) is 0.261. The van der Waals surface area contributed by atoms with Crippen molar-refractivity contribution in [3.63, 3.8) is 0 Å². The van der Waals surface area contributed by atoms with Crippen LogP contribution in [0.15, 0.2) is 48.5 Å². The molecule has 0 bridgehead atoms. The third kappa shape index (κ3) is 4.25. The third-order valence-electron chi connectivity index (χ3n) is 5.21. The number of para-hydroxylation sites is 1. The van der Waals surface area contributed by atoms with E-state index in [9.17, 15) is 14.0 Å². The van der Waals surface area contributed by atoms with Crippen molar-refractivity contribution in [1.29, 1.82) is 0 Å². The van der Waals surface area contributed by atoms with Crippen LogP contribution in [0, 0.1) is 19.7 Å². The maximum Gasteiger partial charge on any atom is 0.253 e. The zero-order valence-electron chi connectivity index (χ0n) is 16.9. The summed E-state index contributed by atoms with van der Waals surface area (Å²) in [5.41, 5.74) is 4.01. The average molecular weight is 406 g/mol. The number of nitrogens with one attached hydrogen (secondary N) is 2. The third-order valence-corrected chi connectivity index (χ3v) is 5.21. The normalized spacial score (nSPS) is 13.2. The van der Waals surface area contributed by atoms with Gasteiger partial charge in [0.2, 0.25) is 5.91 Å². The molecule has 7 heteroatoms. The first-order chi connectivity index (χ1) is 14.4. The second-order valence-corrected chi connectivity index (χ2v) is 7.56. The van der Waals surface area contributed by atoms with Crippen molar-refractivity contribution in [2.45, 2.75) is 39.2 Å². The number of nitrogens with zero attached hydrogens (tertiary/aromatic N) is 2. The number of carbonyl (C=O) groups excluding carboxylic acids is 2. The molecule has 1 aromatic heterocycles. The summed E-state index contributed by atoms with van der Waals surface area (Å²) in [5, 5.41) is 10.3. The standard InChI is InChI=1S/C23H23FN4O2/c1-14-20(15(2)28(27-14)18-11-7-16(24)8-12-18)13-22(29)26-21-6-4-3-5-19(21)23(30)25-17-9-10-17/h3-8,11-12,17H,9-10,13H2,1-2H3,(H,25,30)(H,26,29). The SMILES string of the molecule is Cc1nn(-c2ccc(F)cc2)c(C)c1CC(=O)Nc1ccccc1C(=O)NC1CC1. The molecule has 1 fully saturated rings. The summed E-state index contributed by atoms with van der Waals surface area (Å²) in [6, 6.07) is 13.3. The highest BCUT2D eigenvalue weighted by Gasteiger charge is 2.25. The molecule has 1 aliphatic rings. The van der Waals surface area contributed by atoms with Gasteiger partial charge < -0.3 is 10.6 Å². The molecular weight excluding hydrogens is 383 g/mol. The Balaban J connectivity index is 1.51. The number of hydrogen-bond acceptors (Lipinski definition) is 3. The Morgan fingerprint density at radius 3 is 2.50 bits per heavy atom. The maximum atomic E-state index is 13.2. The van der Waals surface area contributed by atoms with Crippen molar-refractivity contribution in [1.82, 2.24) is 15.1 Å². The van der Waals surface area contributed by atoms with E-state index in [0.717, 1.165) is 35.5 Å². The second-order valence-electron chi connectivity index (χ2n) is 7.56. The molecule has 1 saturated carbocycles. The van der Waals surface area contributed by atoms with Crippen molar-refractivity contribution in [3.05, 3.63) is 76.9 Å². The summed E-state index contributed by atoms with van der Waals surface area (Å²) < 4.78 is 14.9. The van der Waals surface area contributed by atoms with Gasteiger partial charge in [-0.3, -0.25) is 9.59 Å². The van der Waals surface area contributed by atoms with Crippen LogP contribution in [0.5, 0.6) is 0 Å². The minimum Gasteiger partial charge on any atom is -0.349 e. The molecule has 154 valence electrons. The van der Waals surface area contributed by atoms with E-state index in [1.165, 1.54) is 12.1 Å². The van der Waals surface area contributed by atoms with Crippen LogP contribution < -0.4 is 10.6 Å². The Hall–Kier alpha value is -3.48. The van der Waals surface area contributed by atoms with Crippen LogP contribution in [0.3, 0.4) is 0 Å². The van der Waals surface area contributed by atoms with Crippen LogP contribution in [0.4, 0.5) is 10.1 Å². The van der Waals surface area contributed by atoms with Gasteiger partial charge >= 0.3 is 0 Å². The van der Waals surface area contributed by atoms with Crippen molar-refractivity contribution >= 4 is 17.5 Å². The minimum absolute atomic E-state index is 0.122. The van der Waals surface area contributed by atoms with Crippen LogP contribution in [0.25, 0.3) is 5.69 Å². The number of aryl methyl sites for hydroxylation is 1. The topological polar surface area (TPSA) is 76.0 Å². The first-order valence-corrected chi connectivity index (χ1v) is 9.93. The number of amides is 2. The first-order valence-electron chi connectivity index (χ1n) is 9.93. The second kappa shape index (κ2) is 8.10. The van der Waals surface area contributed by atoms with E-state index in [1.807, 2.05) is 13.8 Å². The molecule has 0 atom stereocenters. The summed E-state index contributed by atoms with van der Waals surface area (Å²) in [4.78, 5) is 25.2. The van der Waals surface area contributed by atoms with Gasteiger partial charge in [-0.25, -0.2) is 9.07 Å². The number of halogens is 1. The lowest BCUT2D eigenvalue weighted by Gasteiger charge is -2.11. The molecular formula is C23H23FN4O2. The van der Waals surface area contributed by atoms with Gasteiger partial charge in [0.05, 0.1) is 29.1 Å². The number of carbonyl (C=O) groups is 2. The van der Waals surface area contributed by atoms with E-state index in [1.54, 1.807) is 41.1 Å². The molecule has 1 heterocycles. The highest BCUT2D eigenvalue weighted by molar-refractivity contribution is 6.04. The molecule has 0 aliphatic heterocycles. The fourth-order valence-corrected chi connectivity index (χ4v) is 3.40. The molecule has 2 aromatic carbocycles. The number of hydrogen-bond donors (Lipinski definition) is 2. The largest absolute Gasteiger partial charge is 0.349 e. The predicted octanol–water partition coefficient (Wildman–Crippen LogP) is 3.70. The summed E-state index contributed by atoms with van der Waals surface area (Å²) in [5.74, 6) is -0.722. The molecule has 30 heavy (non-hydrogen) atoms. The van der Waals surface area contributed by atoms with Crippen LogP contribution in [-0.2, 0) is 11.2 Å². The fourth-order valence-electron chi connectivity index (χ4n) is 3.40. The van der Waals surface area contributed by atoms with Crippen molar-refractivity contribution in [3.8, 4) is 5.69 Å². The van der Waals surface area contributed by atoms with Gasteiger partial charge in [0.25, 0.3) is 5.91 Å². The molecule has 1 aliphatic carbocycles. The minimum atomic E-state index is -0.315. The zero-order valence-corrected chi connectivity index (χ0v) is 16.9. The highest BCUT2D eigenvalue weighted by Crippen LogP contribution is 2.23. The van der Waals surface area contributed by atoms with Gasteiger partial charge in [-0.15, -0.1) is 0 Å². The van der Waals surface area contributed by atoms with Crippen molar-refractivity contribution in [2.24, 2.45) is 0 Å². The maximum absolute atomic E-state index is 13.2. The van der Waals surface area contributed by atoms with E-state index >= 15 is 0 Å². The van der Waals surface area contributed by atoms with Gasteiger partial charge in [0.1, 0.15) is 5.82 Å². The Labute approximate surface area is 174 Å². The molecule has 3 aromatic rings. The molecule has 0 unspecified atom stereocenters. The lowest BCUT2D eigenvalue weighted by molar-refractivity contribution is -0.115. The van der Waals surface area contributed by atoms with Crippen LogP contribution in [-0.4, -0.2) is 27.6 Å².